The second-order valence-electron chi connectivity index (χ2n) is 5.13. The fourth-order valence-electron chi connectivity index (χ4n) is 2.38. The summed E-state index contributed by atoms with van der Waals surface area (Å²) in [5.74, 6) is -0.143. The van der Waals surface area contributed by atoms with Crippen LogP contribution in [-0.2, 0) is 14.3 Å². The molecule has 130 valence electrons. The Morgan fingerprint density at radius 3 is 2.75 bits per heavy atom. The van der Waals surface area contributed by atoms with Crippen molar-refractivity contribution in [1.29, 1.82) is 0 Å². The number of aromatic hydroxyl groups is 1. The number of carbonyl (C=O) groups excluding carboxylic acids is 1. The van der Waals surface area contributed by atoms with Gasteiger partial charge in [0.1, 0.15) is 6.61 Å². The molecule has 3 N–H and O–H groups in total. The SMILES string of the molecule is COCCOC(=O)C1=C(C)NC(=S)N[C@@H]1c1ccc(O)c(OC)c1. The molecule has 1 aliphatic rings. The molecule has 1 aromatic carbocycles. The summed E-state index contributed by atoms with van der Waals surface area (Å²) in [5, 5.41) is 16.1. The molecule has 1 heterocycles. The maximum absolute atomic E-state index is 12.5. The zero-order valence-corrected chi connectivity index (χ0v) is 14.5. The average Bonchev–Trinajstić information content (AvgIpc) is 2.54. The second-order valence-corrected chi connectivity index (χ2v) is 5.54. The fourth-order valence-corrected chi connectivity index (χ4v) is 2.65. The van der Waals surface area contributed by atoms with Crippen LogP contribution < -0.4 is 15.4 Å². The molecule has 0 saturated heterocycles. The van der Waals surface area contributed by atoms with Crippen molar-refractivity contribution in [3.8, 4) is 11.5 Å². The van der Waals surface area contributed by atoms with Gasteiger partial charge in [-0.3, -0.25) is 0 Å². The lowest BCUT2D eigenvalue weighted by atomic mass is 9.95. The minimum absolute atomic E-state index is 0.0164. The monoisotopic (exact) mass is 352 g/mol. The van der Waals surface area contributed by atoms with Crippen molar-refractivity contribution in [3.63, 3.8) is 0 Å². The van der Waals surface area contributed by atoms with Gasteiger partial charge in [0, 0.05) is 12.8 Å². The first kappa shape index (κ1) is 18.0. The molecule has 0 saturated carbocycles. The van der Waals surface area contributed by atoms with Crippen molar-refractivity contribution >= 4 is 23.3 Å². The summed E-state index contributed by atoms with van der Waals surface area (Å²) in [6.07, 6.45) is 0. The lowest BCUT2D eigenvalue weighted by Gasteiger charge is -2.30. The van der Waals surface area contributed by atoms with E-state index in [9.17, 15) is 9.90 Å². The minimum atomic E-state index is -0.511. The molecule has 1 aromatic rings. The number of ether oxygens (including phenoxy) is 3. The quantitative estimate of drug-likeness (QED) is 0.402. The Hall–Kier alpha value is -2.32. The number of phenols is 1. The van der Waals surface area contributed by atoms with Crippen molar-refractivity contribution in [2.75, 3.05) is 27.4 Å². The van der Waals surface area contributed by atoms with Crippen LogP contribution in [0.15, 0.2) is 29.5 Å². The number of hydrogen-bond acceptors (Lipinski definition) is 6. The minimum Gasteiger partial charge on any atom is -0.504 e. The van der Waals surface area contributed by atoms with Crippen LogP contribution >= 0.6 is 12.2 Å². The van der Waals surface area contributed by atoms with Gasteiger partial charge < -0.3 is 30.0 Å². The number of carbonyl (C=O) groups is 1. The Morgan fingerprint density at radius 2 is 2.08 bits per heavy atom. The zero-order chi connectivity index (χ0) is 17.7. The number of phenolic OH excluding ortho intramolecular Hbond substituents is 1. The summed E-state index contributed by atoms with van der Waals surface area (Å²) in [6.45, 7) is 2.22. The van der Waals surface area contributed by atoms with Gasteiger partial charge in [-0.1, -0.05) is 6.07 Å². The van der Waals surface area contributed by atoms with E-state index in [1.165, 1.54) is 20.3 Å². The van der Waals surface area contributed by atoms with Gasteiger partial charge >= 0.3 is 5.97 Å². The second kappa shape index (κ2) is 7.98. The highest BCUT2D eigenvalue weighted by molar-refractivity contribution is 7.80. The normalized spacial score (nSPS) is 17.1. The first-order valence-corrected chi connectivity index (χ1v) is 7.70. The van der Waals surface area contributed by atoms with Crippen molar-refractivity contribution in [1.82, 2.24) is 10.6 Å². The van der Waals surface area contributed by atoms with E-state index in [2.05, 4.69) is 10.6 Å². The Kier molecular flexibility index (Phi) is 5.99. The van der Waals surface area contributed by atoms with E-state index in [-0.39, 0.29) is 12.4 Å². The third-order valence-electron chi connectivity index (χ3n) is 3.55. The van der Waals surface area contributed by atoms with E-state index in [1.54, 1.807) is 19.1 Å². The van der Waals surface area contributed by atoms with Crippen LogP contribution in [-0.4, -0.2) is 43.6 Å². The number of rotatable bonds is 6. The van der Waals surface area contributed by atoms with E-state index in [4.69, 9.17) is 26.4 Å². The molecule has 0 radical (unpaired) electrons. The molecule has 1 aliphatic heterocycles. The number of hydrogen-bond donors (Lipinski definition) is 3. The number of methoxy groups -OCH3 is 2. The van der Waals surface area contributed by atoms with E-state index >= 15 is 0 Å². The summed E-state index contributed by atoms with van der Waals surface area (Å²) in [7, 11) is 2.99. The number of nitrogens with one attached hydrogen (secondary N) is 2. The number of allylic oxidation sites excluding steroid dienone is 1. The molecule has 24 heavy (non-hydrogen) atoms. The van der Waals surface area contributed by atoms with Crippen LogP contribution in [0, 0.1) is 0 Å². The summed E-state index contributed by atoms with van der Waals surface area (Å²) in [4.78, 5) is 12.5. The maximum Gasteiger partial charge on any atom is 0.338 e. The number of benzene rings is 1. The highest BCUT2D eigenvalue weighted by Crippen LogP contribution is 2.33. The van der Waals surface area contributed by atoms with Crippen molar-refractivity contribution in [3.05, 3.63) is 35.0 Å². The van der Waals surface area contributed by atoms with E-state index in [1.807, 2.05) is 0 Å². The van der Waals surface area contributed by atoms with Gasteiger partial charge in [-0.15, -0.1) is 0 Å². The molecular weight excluding hydrogens is 332 g/mol. The highest BCUT2D eigenvalue weighted by Gasteiger charge is 2.31. The molecule has 0 bridgehead atoms. The highest BCUT2D eigenvalue weighted by atomic mass is 32.1. The van der Waals surface area contributed by atoms with Gasteiger partial charge in [0.25, 0.3) is 0 Å². The summed E-state index contributed by atoms with van der Waals surface area (Å²) in [5.41, 5.74) is 1.73. The smallest absolute Gasteiger partial charge is 0.338 e. The summed E-state index contributed by atoms with van der Waals surface area (Å²) < 4.78 is 15.3. The first-order chi connectivity index (χ1) is 11.5. The third kappa shape index (κ3) is 3.95. The largest absolute Gasteiger partial charge is 0.504 e. The zero-order valence-electron chi connectivity index (χ0n) is 13.7. The Labute approximate surface area is 145 Å². The van der Waals surface area contributed by atoms with Crippen molar-refractivity contribution in [2.24, 2.45) is 0 Å². The molecule has 2 rings (SSSR count). The van der Waals surface area contributed by atoms with Gasteiger partial charge in [-0.2, -0.15) is 0 Å². The number of thiocarbonyl (C=S) groups is 1. The molecule has 0 spiro atoms. The van der Waals surface area contributed by atoms with Crippen molar-refractivity contribution < 1.29 is 24.1 Å². The molecule has 0 aliphatic carbocycles. The van der Waals surface area contributed by atoms with Gasteiger partial charge in [0.05, 0.1) is 25.3 Å². The van der Waals surface area contributed by atoms with Gasteiger partial charge in [-0.05, 0) is 36.8 Å². The molecule has 0 amide bonds. The average molecular weight is 352 g/mol. The Morgan fingerprint density at radius 1 is 1.33 bits per heavy atom. The van der Waals surface area contributed by atoms with Crippen LogP contribution in [0.5, 0.6) is 11.5 Å². The summed E-state index contributed by atoms with van der Waals surface area (Å²) >= 11 is 5.18. The standard InChI is InChI=1S/C16H20N2O5S/c1-9-13(15(20)23-7-6-21-2)14(18-16(24)17-9)10-4-5-11(19)12(8-10)22-3/h4-5,8,14,19H,6-7H2,1-3H3,(H2,17,18,24)/t14-/m1/s1. The molecule has 7 nitrogen and oxygen atoms in total. The fraction of sp³-hybridized carbons (Fsp3) is 0.375. The lowest BCUT2D eigenvalue weighted by molar-refractivity contribution is -0.140. The molecule has 1 atom stereocenters. The van der Waals surface area contributed by atoms with E-state index in [0.717, 1.165) is 0 Å². The Bertz CT molecular complexity index is 674. The van der Waals surface area contributed by atoms with Crippen LogP contribution in [0.2, 0.25) is 0 Å². The molecule has 0 aromatic heterocycles. The predicted octanol–water partition coefficient (Wildman–Crippen LogP) is 1.38. The number of esters is 1. The molecular formula is C16H20N2O5S. The van der Waals surface area contributed by atoms with Crippen molar-refractivity contribution in [2.45, 2.75) is 13.0 Å². The van der Waals surface area contributed by atoms with Crippen LogP contribution in [0.25, 0.3) is 0 Å². The first-order valence-electron chi connectivity index (χ1n) is 7.29. The molecule has 8 heteroatoms. The maximum atomic E-state index is 12.5. The van der Waals surface area contributed by atoms with E-state index < -0.39 is 12.0 Å². The third-order valence-corrected chi connectivity index (χ3v) is 3.77. The van der Waals surface area contributed by atoms with Crippen LogP contribution in [0.4, 0.5) is 0 Å². The van der Waals surface area contributed by atoms with Gasteiger partial charge in [-0.25, -0.2) is 4.79 Å². The van der Waals surface area contributed by atoms with E-state index in [0.29, 0.717) is 34.3 Å². The predicted molar refractivity (Wildman–Crippen MR) is 91.8 cm³/mol. The van der Waals surface area contributed by atoms with Crippen LogP contribution in [0.1, 0.15) is 18.5 Å². The summed E-state index contributed by atoms with van der Waals surface area (Å²) in [6, 6.07) is 4.34. The lowest BCUT2D eigenvalue weighted by Crippen LogP contribution is -2.45. The van der Waals surface area contributed by atoms with Gasteiger partial charge in [0.2, 0.25) is 0 Å². The molecule has 0 unspecified atom stereocenters. The molecule has 0 fully saturated rings. The van der Waals surface area contributed by atoms with Crippen LogP contribution in [0.3, 0.4) is 0 Å². The Balaban J connectivity index is 2.36. The topological polar surface area (TPSA) is 89.1 Å². The van der Waals surface area contributed by atoms with Gasteiger partial charge in [0.15, 0.2) is 16.6 Å².